The third kappa shape index (κ3) is 9.38. The molecule has 0 N–H and O–H groups in total. The maximum absolute atomic E-state index is 13.9. The van der Waals surface area contributed by atoms with Crippen molar-refractivity contribution in [3.05, 3.63) is 34.9 Å². The molecule has 2 aliphatic rings. The standard InChI is InChI=1S/C37H68O3Si2/c1-27-17-16-18-28(2)23-24-37(11)32(21-20-29(3)33(22-19-27)40-42(14,15)36(8,9)10)31(25-34(37)38)30(4)26-39-41(12,13)35(5,6)7/h17,20,23,30-33H,16,18-19,21-22,24-26H2,1-15H3/b27-17+,28-23+,29-20+/t30-,31+,32-,33+,37+/m1/s1. The predicted molar refractivity (Wildman–Crippen MR) is 188 cm³/mol. The molecule has 0 radical (unpaired) electrons. The minimum absolute atomic E-state index is 0.125. The van der Waals surface area contributed by atoms with Crippen molar-refractivity contribution in [3.8, 4) is 0 Å². The number of rotatable bonds is 6. The van der Waals surface area contributed by atoms with Crippen LogP contribution in [-0.2, 0) is 13.6 Å². The van der Waals surface area contributed by atoms with Crippen LogP contribution >= 0.6 is 0 Å². The highest BCUT2D eigenvalue weighted by Gasteiger charge is 2.52. The second kappa shape index (κ2) is 14.1. The van der Waals surface area contributed by atoms with E-state index in [1.165, 1.54) is 16.7 Å². The minimum atomic E-state index is -1.95. The lowest BCUT2D eigenvalue weighted by atomic mass is 9.69. The molecule has 3 nitrogen and oxygen atoms in total. The normalized spacial score (nSPS) is 32.4. The molecule has 5 atom stereocenters. The first kappa shape index (κ1) is 37.4. The Bertz CT molecular complexity index is 1020. The van der Waals surface area contributed by atoms with Crippen molar-refractivity contribution in [1.29, 1.82) is 0 Å². The molecule has 0 aromatic carbocycles. The summed E-state index contributed by atoms with van der Waals surface area (Å²) in [6.07, 6.45) is 14.1. The third-order valence-corrected chi connectivity index (χ3v) is 20.8. The van der Waals surface area contributed by atoms with Gasteiger partial charge in [-0.3, -0.25) is 4.79 Å². The maximum Gasteiger partial charge on any atom is 0.192 e. The Hall–Kier alpha value is -0.756. The van der Waals surface area contributed by atoms with Crippen LogP contribution in [0.25, 0.3) is 0 Å². The molecule has 42 heavy (non-hydrogen) atoms. The summed E-state index contributed by atoms with van der Waals surface area (Å²) in [6, 6.07) is 0. The first-order valence-corrected chi connectivity index (χ1v) is 22.7. The molecule has 0 aromatic heterocycles. The Kier molecular flexibility index (Phi) is 12.6. The third-order valence-electron chi connectivity index (χ3n) is 11.8. The molecule has 0 spiro atoms. The summed E-state index contributed by atoms with van der Waals surface area (Å²) in [4.78, 5) is 13.9. The van der Waals surface area contributed by atoms with Gasteiger partial charge in [-0.1, -0.05) is 84.8 Å². The Morgan fingerprint density at radius 1 is 0.905 bits per heavy atom. The fourth-order valence-electron chi connectivity index (χ4n) is 6.10. The highest BCUT2D eigenvalue weighted by Crippen LogP contribution is 2.52. The topological polar surface area (TPSA) is 35.5 Å². The Balaban J connectivity index is 2.48. The van der Waals surface area contributed by atoms with Gasteiger partial charge in [0.15, 0.2) is 16.6 Å². The lowest BCUT2D eigenvalue weighted by molar-refractivity contribution is -0.126. The van der Waals surface area contributed by atoms with E-state index in [1.54, 1.807) is 0 Å². The summed E-state index contributed by atoms with van der Waals surface area (Å²) in [6.45, 7) is 35.5. The number of ketones is 1. The molecule has 1 fully saturated rings. The SMILES string of the molecule is C/C1=C\C[C@]2(C)C(=O)C[C@@H]([C@H](C)CO[Si](C)(C)C(C)(C)C)[C@H]2C/C=C(\C)[C@@H](O[Si](C)(C)C(C)(C)C)CC/C(C)=C/CC1. The molecule has 0 aromatic rings. The van der Waals surface area contributed by atoms with Crippen molar-refractivity contribution in [2.24, 2.45) is 23.2 Å². The highest BCUT2D eigenvalue weighted by atomic mass is 28.4. The number of carbonyl (C=O) groups is 1. The van der Waals surface area contributed by atoms with E-state index in [-0.39, 0.29) is 21.6 Å². The van der Waals surface area contributed by atoms with Gasteiger partial charge in [0.1, 0.15) is 5.78 Å². The molecular formula is C37H68O3Si2. The zero-order valence-corrected chi connectivity index (χ0v) is 32.4. The van der Waals surface area contributed by atoms with E-state index in [0.717, 1.165) is 45.1 Å². The molecule has 2 aliphatic carbocycles. The van der Waals surface area contributed by atoms with Gasteiger partial charge in [-0.25, -0.2) is 0 Å². The van der Waals surface area contributed by atoms with Crippen molar-refractivity contribution in [2.75, 3.05) is 6.61 Å². The number of allylic oxidation sites excluding steroid dienone is 5. The molecule has 0 bridgehead atoms. The molecule has 1 saturated carbocycles. The van der Waals surface area contributed by atoms with E-state index in [2.05, 4.69) is 121 Å². The van der Waals surface area contributed by atoms with Crippen LogP contribution < -0.4 is 0 Å². The average Bonchev–Trinajstić information content (AvgIpc) is 3.10. The maximum atomic E-state index is 13.9. The van der Waals surface area contributed by atoms with E-state index in [1.807, 2.05) is 0 Å². The first-order valence-electron chi connectivity index (χ1n) is 16.8. The highest BCUT2D eigenvalue weighted by molar-refractivity contribution is 6.74. The van der Waals surface area contributed by atoms with E-state index < -0.39 is 16.6 Å². The number of hydrogen-bond acceptors (Lipinski definition) is 3. The molecule has 0 unspecified atom stereocenters. The minimum Gasteiger partial charge on any atom is -0.417 e. The van der Waals surface area contributed by atoms with Gasteiger partial charge in [-0.2, -0.15) is 0 Å². The lowest BCUT2D eigenvalue weighted by Gasteiger charge is -2.40. The van der Waals surface area contributed by atoms with Crippen LogP contribution in [0.4, 0.5) is 0 Å². The molecule has 2 rings (SSSR count). The molecule has 0 saturated heterocycles. The number of hydrogen-bond donors (Lipinski definition) is 0. The molecule has 0 amide bonds. The van der Waals surface area contributed by atoms with Crippen molar-refractivity contribution in [2.45, 2.75) is 163 Å². The predicted octanol–water partition coefficient (Wildman–Crippen LogP) is 11.4. The largest absolute Gasteiger partial charge is 0.417 e. The number of fused-ring (bicyclic) bond motifs is 1. The summed E-state index contributed by atoms with van der Waals surface area (Å²) < 4.78 is 13.8. The zero-order valence-electron chi connectivity index (χ0n) is 30.4. The van der Waals surface area contributed by atoms with Crippen LogP contribution in [0.1, 0.15) is 121 Å². The second-order valence-corrected chi connectivity index (χ2v) is 26.9. The van der Waals surface area contributed by atoms with Crippen LogP contribution in [0.2, 0.25) is 36.3 Å². The average molecular weight is 617 g/mol. The van der Waals surface area contributed by atoms with E-state index >= 15 is 0 Å². The van der Waals surface area contributed by atoms with Crippen molar-refractivity contribution in [1.82, 2.24) is 0 Å². The fraction of sp³-hybridized carbons (Fsp3) is 0.811. The van der Waals surface area contributed by atoms with Gasteiger partial charge >= 0.3 is 0 Å². The monoisotopic (exact) mass is 616 g/mol. The van der Waals surface area contributed by atoms with Gasteiger partial charge in [-0.15, -0.1) is 0 Å². The summed E-state index contributed by atoms with van der Waals surface area (Å²) in [5.74, 6) is 1.44. The summed E-state index contributed by atoms with van der Waals surface area (Å²) in [5.41, 5.74) is 3.88. The molecule has 242 valence electrons. The van der Waals surface area contributed by atoms with Crippen LogP contribution in [0.15, 0.2) is 34.9 Å². The summed E-state index contributed by atoms with van der Waals surface area (Å²) in [5, 5.41) is 0.351. The van der Waals surface area contributed by atoms with Crippen LogP contribution in [0.3, 0.4) is 0 Å². The van der Waals surface area contributed by atoms with E-state index in [4.69, 9.17) is 8.85 Å². The van der Waals surface area contributed by atoms with Gasteiger partial charge in [0.2, 0.25) is 0 Å². The molecular weight excluding hydrogens is 549 g/mol. The van der Waals surface area contributed by atoms with Crippen LogP contribution in [-0.4, -0.2) is 35.1 Å². The number of Topliss-reactive ketones (excluding diaryl/α,β-unsaturated/α-hetero) is 1. The van der Waals surface area contributed by atoms with Gasteiger partial charge in [0.05, 0.1) is 6.10 Å². The Morgan fingerprint density at radius 3 is 2.05 bits per heavy atom. The summed E-state index contributed by atoms with van der Waals surface area (Å²) in [7, 11) is -3.80. The quantitative estimate of drug-likeness (QED) is 0.220. The first-order chi connectivity index (χ1) is 19.0. The van der Waals surface area contributed by atoms with E-state index in [0.29, 0.717) is 30.0 Å². The lowest BCUT2D eigenvalue weighted by Crippen LogP contribution is -2.44. The fourth-order valence-corrected chi connectivity index (χ4v) is 8.58. The second-order valence-electron chi connectivity index (χ2n) is 17.3. The van der Waals surface area contributed by atoms with E-state index in [9.17, 15) is 4.79 Å². The molecule has 0 heterocycles. The van der Waals surface area contributed by atoms with Crippen LogP contribution in [0.5, 0.6) is 0 Å². The molecule has 5 heteroatoms. The van der Waals surface area contributed by atoms with Gasteiger partial charge in [-0.05, 0) is 119 Å². The van der Waals surface area contributed by atoms with Crippen molar-refractivity contribution >= 4 is 22.4 Å². The number of carbonyl (C=O) groups excluding carboxylic acids is 1. The Labute approximate surface area is 263 Å². The van der Waals surface area contributed by atoms with Gasteiger partial charge in [0, 0.05) is 18.4 Å². The van der Waals surface area contributed by atoms with Gasteiger partial charge < -0.3 is 8.85 Å². The Morgan fingerprint density at radius 2 is 1.48 bits per heavy atom. The van der Waals surface area contributed by atoms with Crippen LogP contribution in [0, 0.1) is 23.2 Å². The van der Waals surface area contributed by atoms with Crippen molar-refractivity contribution < 1.29 is 13.6 Å². The van der Waals surface area contributed by atoms with Crippen molar-refractivity contribution in [3.63, 3.8) is 0 Å². The van der Waals surface area contributed by atoms with Gasteiger partial charge in [0.25, 0.3) is 0 Å². The summed E-state index contributed by atoms with van der Waals surface area (Å²) >= 11 is 0. The molecule has 0 aliphatic heterocycles. The zero-order chi connectivity index (χ0) is 32.3. The smallest absolute Gasteiger partial charge is 0.192 e.